The second kappa shape index (κ2) is 3.51. The van der Waals surface area contributed by atoms with E-state index >= 15 is 0 Å². The first-order valence-corrected chi connectivity index (χ1v) is 4.55. The summed E-state index contributed by atoms with van der Waals surface area (Å²) in [5.74, 6) is -0.439. The van der Waals surface area contributed by atoms with Crippen LogP contribution in [0.4, 0.5) is 9.18 Å². The van der Waals surface area contributed by atoms with E-state index < -0.39 is 17.9 Å². The molecule has 0 spiro atoms. The molecule has 6 heteroatoms. The number of halogens is 2. The molecular weight excluding hydrogens is 221 g/mol. The molecule has 2 amide bonds. The van der Waals surface area contributed by atoms with Crippen molar-refractivity contribution in [3.63, 3.8) is 0 Å². The van der Waals surface area contributed by atoms with E-state index in [2.05, 4.69) is 10.3 Å². The maximum absolute atomic E-state index is 13.4. The number of aliphatic imine (C=N–C) groups is 1. The van der Waals surface area contributed by atoms with Crippen molar-refractivity contribution in [3.05, 3.63) is 34.6 Å². The lowest BCUT2D eigenvalue weighted by Crippen LogP contribution is -2.28. The molecule has 1 atom stereocenters. The zero-order valence-electron chi connectivity index (χ0n) is 7.50. The predicted octanol–water partition coefficient (Wildman–Crippen LogP) is 1.60. The summed E-state index contributed by atoms with van der Waals surface area (Å²) in [5, 5.41) is 2.80. The summed E-state index contributed by atoms with van der Waals surface area (Å²) < 4.78 is 13.4. The molecule has 3 N–H and O–H groups in total. The van der Waals surface area contributed by atoms with E-state index in [0.717, 1.165) is 0 Å². The van der Waals surface area contributed by atoms with Crippen LogP contribution in [0, 0.1) is 5.82 Å². The van der Waals surface area contributed by atoms with Gasteiger partial charge in [0, 0.05) is 10.6 Å². The molecule has 0 aromatic heterocycles. The molecule has 1 heterocycles. The van der Waals surface area contributed by atoms with Gasteiger partial charge in [0.05, 0.1) is 0 Å². The molecule has 1 aromatic carbocycles. The van der Waals surface area contributed by atoms with E-state index in [0.29, 0.717) is 5.02 Å². The standard InChI is InChI=1S/C9H7ClFN3O/c10-4-1-2-6(11)5(3-4)7-8(12)14-9(15)13-7/h1-3,7H,(H3,12,13,14,15). The lowest BCUT2D eigenvalue weighted by Gasteiger charge is -2.11. The lowest BCUT2D eigenvalue weighted by atomic mass is 10.1. The summed E-state index contributed by atoms with van der Waals surface area (Å²) in [5.41, 5.74) is 5.69. The molecule has 1 aliphatic rings. The van der Waals surface area contributed by atoms with E-state index in [1.165, 1.54) is 18.2 Å². The number of rotatable bonds is 1. The minimum absolute atomic E-state index is 0.0427. The highest BCUT2D eigenvalue weighted by molar-refractivity contribution is 6.30. The Kier molecular flexibility index (Phi) is 2.32. The topological polar surface area (TPSA) is 67.5 Å². The number of nitrogens with two attached hydrogens (primary N) is 1. The number of amidine groups is 1. The second-order valence-electron chi connectivity index (χ2n) is 3.09. The average Bonchev–Trinajstić information content (AvgIpc) is 2.50. The molecule has 1 aromatic rings. The van der Waals surface area contributed by atoms with Gasteiger partial charge in [-0.2, -0.15) is 4.99 Å². The third-order valence-corrected chi connectivity index (χ3v) is 2.30. The van der Waals surface area contributed by atoms with Crippen molar-refractivity contribution in [3.8, 4) is 0 Å². The van der Waals surface area contributed by atoms with Crippen molar-refractivity contribution < 1.29 is 9.18 Å². The number of nitrogens with one attached hydrogen (secondary N) is 1. The normalized spacial score (nSPS) is 20.0. The molecule has 1 unspecified atom stereocenters. The van der Waals surface area contributed by atoms with E-state index in [9.17, 15) is 9.18 Å². The molecule has 0 aliphatic carbocycles. The quantitative estimate of drug-likeness (QED) is 0.765. The zero-order chi connectivity index (χ0) is 11.0. The van der Waals surface area contributed by atoms with Crippen molar-refractivity contribution in [1.82, 2.24) is 5.32 Å². The fraction of sp³-hybridized carbons (Fsp3) is 0.111. The fourth-order valence-electron chi connectivity index (χ4n) is 1.38. The molecule has 15 heavy (non-hydrogen) atoms. The molecule has 0 radical (unpaired) electrons. The molecule has 2 rings (SSSR count). The number of carbonyl (C=O) groups excluding carboxylic acids is 1. The predicted molar refractivity (Wildman–Crippen MR) is 54.3 cm³/mol. The Balaban J connectivity index is 2.42. The number of benzene rings is 1. The van der Waals surface area contributed by atoms with Crippen LogP contribution in [-0.4, -0.2) is 11.9 Å². The lowest BCUT2D eigenvalue weighted by molar-refractivity contribution is 0.250. The summed E-state index contributed by atoms with van der Waals surface area (Å²) in [6.45, 7) is 0. The van der Waals surface area contributed by atoms with Gasteiger partial charge < -0.3 is 11.1 Å². The summed E-state index contributed by atoms with van der Waals surface area (Å²) >= 11 is 5.72. The first kappa shape index (κ1) is 9.92. The van der Waals surface area contributed by atoms with Gasteiger partial charge in [0.1, 0.15) is 17.7 Å². The van der Waals surface area contributed by atoms with Crippen LogP contribution in [0.5, 0.6) is 0 Å². The Morgan fingerprint density at radius 2 is 2.27 bits per heavy atom. The van der Waals surface area contributed by atoms with Crippen LogP contribution in [0.1, 0.15) is 11.6 Å². The molecule has 1 aliphatic heterocycles. The van der Waals surface area contributed by atoms with Crippen LogP contribution in [0.2, 0.25) is 5.02 Å². The van der Waals surface area contributed by atoms with Gasteiger partial charge in [-0.25, -0.2) is 9.18 Å². The maximum Gasteiger partial charge on any atom is 0.343 e. The highest BCUT2D eigenvalue weighted by atomic mass is 35.5. The van der Waals surface area contributed by atoms with Crippen LogP contribution in [0.3, 0.4) is 0 Å². The van der Waals surface area contributed by atoms with Gasteiger partial charge in [-0.1, -0.05) is 11.6 Å². The van der Waals surface area contributed by atoms with Crippen molar-refractivity contribution >= 4 is 23.5 Å². The fourth-order valence-corrected chi connectivity index (χ4v) is 1.56. The van der Waals surface area contributed by atoms with E-state index in [1.54, 1.807) is 0 Å². The van der Waals surface area contributed by atoms with Crippen molar-refractivity contribution in [1.29, 1.82) is 0 Å². The van der Waals surface area contributed by atoms with E-state index in [-0.39, 0.29) is 11.4 Å². The molecule has 0 saturated carbocycles. The first-order valence-electron chi connectivity index (χ1n) is 4.17. The van der Waals surface area contributed by atoms with Crippen LogP contribution < -0.4 is 11.1 Å². The second-order valence-corrected chi connectivity index (χ2v) is 3.52. The van der Waals surface area contributed by atoms with Crippen LogP contribution in [-0.2, 0) is 0 Å². The Labute approximate surface area is 89.9 Å². The highest BCUT2D eigenvalue weighted by Gasteiger charge is 2.27. The summed E-state index contributed by atoms with van der Waals surface area (Å²) in [6.07, 6.45) is 0. The number of hydrogen-bond acceptors (Lipinski definition) is 2. The van der Waals surface area contributed by atoms with Gasteiger partial charge in [0.25, 0.3) is 0 Å². The minimum atomic E-state index is -0.726. The molecule has 0 bridgehead atoms. The highest BCUT2D eigenvalue weighted by Crippen LogP contribution is 2.23. The van der Waals surface area contributed by atoms with Gasteiger partial charge in [0.2, 0.25) is 0 Å². The smallest absolute Gasteiger partial charge is 0.343 e. The number of urea groups is 1. The largest absolute Gasteiger partial charge is 0.385 e. The average molecular weight is 228 g/mol. The number of hydrogen-bond donors (Lipinski definition) is 2. The number of amides is 2. The summed E-state index contributed by atoms with van der Waals surface area (Å²) in [6, 6.07) is 2.75. The SMILES string of the molecule is NC1=NC(=O)NC1c1cc(Cl)ccc1F. The number of carbonyl (C=O) groups is 1. The van der Waals surface area contributed by atoms with Gasteiger partial charge >= 0.3 is 6.03 Å². The molecular formula is C9H7ClFN3O. The van der Waals surface area contributed by atoms with Gasteiger partial charge in [-0.05, 0) is 18.2 Å². The summed E-state index contributed by atoms with van der Waals surface area (Å²) in [7, 11) is 0. The van der Waals surface area contributed by atoms with Gasteiger partial charge in [-0.3, -0.25) is 0 Å². The van der Waals surface area contributed by atoms with Crippen LogP contribution in [0.15, 0.2) is 23.2 Å². The first-order chi connectivity index (χ1) is 7.08. The Morgan fingerprint density at radius 1 is 1.53 bits per heavy atom. The number of nitrogens with zero attached hydrogens (tertiary/aromatic N) is 1. The van der Waals surface area contributed by atoms with E-state index in [4.69, 9.17) is 17.3 Å². The summed E-state index contributed by atoms with van der Waals surface area (Å²) in [4.78, 5) is 14.4. The van der Waals surface area contributed by atoms with Crippen molar-refractivity contribution in [2.45, 2.75) is 6.04 Å². The van der Waals surface area contributed by atoms with E-state index in [1.807, 2.05) is 0 Å². The Bertz CT molecular complexity index is 461. The molecule has 78 valence electrons. The van der Waals surface area contributed by atoms with Crippen molar-refractivity contribution in [2.75, 3.05) is 0 Å². The van der Waals surface area contributed by atoms with Gasteiger partial charge in [0.15, 0.2) is 0 Å². The molecule has 0 fully saturated rings. The van der Waals surface area contributed by atoms with Gasteiger partial charge in [-0.15, -0.1) is 0 Å². The van der Waals surface area contributed by atoms with Crippen LogP contribution in [0.25, 0.3) is 0 Å². The third kappa shape index (κ3) is 1.78. The maximum atomic E-state index is 13.4. The zero-order valence-corrected chi connectivity index (χ0v) is 8.25. The molecule has 0 saturated heterocycles. The van der Waals surface area contributed by atoms with Crippen molar-refractivity contribution in [2.24, 2.45) is 10.7 Å². The molecule has 4 nitrogen and oxygen atoms in total. The van der Waals surface area contributed by atoms with Crippen LogP contribution >= 0.6 is 11.6 Å². The minimum Gasteiger partial charge on any atom is -0.385 e. The monoisotopic (exact) mass is 227 g/mol. The Morgan fingerprint density at radius 3 is 2.87 bits per heavy atom. The third-order valence-electron chi connectivity index (χ3n) is 2.06. The Hall–Kier alpha value is -1.62.